The predicted molar refractivity (Wildman–Crippen MR) is 107 cm³/mol. The van der Waals surface area contributed by atoms with Crippen LogP contribution in [-0.4, -0.2) is 57.6 Å². The molecule has 0 radical (unpaired) electrons. The fourth-order valence-electron chi connectivity index (χ4n) is 3.50. The molecular formula is C20H29F2N5O2. The van der Waals surface area contributed by atoms with Gasteiger partial charge in [-0.1, -0.05) is 0 Å². The number of pyridine rings is 1. The van der Waals surface area contributed by atoms with Crippen LogP contribution < -0.4 is 10.1 Å². The average molecular weight is 409 g/mol. The van der Waals surface area contributed by atoms with Crippen molar-refractivity contribution in [1.29, 1.82) is 0 Å². The molecule has 160 valence electrons. The Morgan fingerprint density at radius 2 is 2.28 bits per heavy atom. The van der Waals surface area contributed by atoms with E-state index in [2.05, 4.69) is 20.5 Å². The minimum atomic E-state index is -2.84. The molecule has 2 N–H and O–H groups in total. The van der Waals surface area contributed by atoms with Crippen LogP contribution in [0, 0.1) is 5.92 Å². The topological polar surface area (TPSA) is 83.1 Å². The molecule has 0 spiro atoms. The number of hydrogen-bond acceptors (Lipinski definition) is 5. The molecule has 1 saturated heterocycles. The smallest absolute Gasteiger partial charge is 0.258 e. The number of nitrogens with zero attached hydrogens (tertiary/aromatic N) is 3. The van der Waals surface area contributed by atoms with Crippen molar-refractivity contribution in [2.45, 2.75) is 44.1 Å². The number of aromatic amines is 1. The van der Waals surface area contributed by atoms with Gasteiger partial charge >= 0.3 is 0 Å². The summed E-state index contributed by atoms with van der Waals surface area (Å²) in [6.45, 7) is 2.64. The summed E-state index contributed by atoms with van der Waals surface area (Å²) in [5.41, 5.74) is 0.385. The monoisotopic (exact) mass is 409 g/mol. The van der Waals surface area contributed by atoms with E-state index in [1.807, 2.05) is 0 Å². The van der Waals surface area contributed by atoms with Gasteiger partial charge in [0.2, 0.25) is 5.91 Å². The van der Waals surface area contributed by atoms with Gasteiger partial charge in [-0.25, -0.2) is 13.8 Å². The summed E-state index contributed by atoms with van der Waals surface area (Å²) in [5.74, 6) is -2.40. The molecule has 2 fully saturated rings. The molecule has 1 aliphatic heterocycles. The lowest BCUT2D eigenvalue weighted by atomic mass is 9.90. The van der Waals surface area contributed by atoms with Crippen molar-refractivity contribution in [3.05, 3.63) is 36.3 Å². The maximum absolute atomic E-state index is 14.4. The van der Waals surface area contributed by atoms with E-state index in [9.17, 15) is 13.6 Å². The third-order valence-corrected chi connectivity index (χ3v) is 5.65. The van der Waals surface area contributed by atoms with Crippen LogP contribution in [0.1, 0.15) is 40.7 Å². The SMILES string of the molecule is C[C@@H](C(=O)Nc1ccc(OCC2CC2)cn1)N1CCC(F)(F)[C@H](c2ccn[nH]2)C1.[HH].[HH]. The van der Waals surface area contributed by atoms with Crippen LogP contribution in [0.3, 0.4) is 0 Å². The Labute approximate surface area is 170 Å². The van der Waals surface area contributed by atoms with Crippen LogP contribution in [-0.2, 0) is 4.79 Å². The van der Waals surface area contributed by atoms with E-state index >= 15 is 0 Å². The van der Waals surface area contributed by atoms with Crippen molar-refractivity contribution in [3.63, 3.8) is 0 Å². The third-order valence-electron chi connectivity index (χ3n) is 5.65. The number of H-pyrrole nitrogens is 1. The highest BCUT2D eigenvalue weighted by molar-refractivity contribution is 5.93. The average Bonchev–Trinajstić information content (AvgIpc) is 3.38. The van der Waals surface area contributed by atoms with Crippen LogP contribution in [0.2, 0.25) is 0 Å². The summed E-state index contributed by atoms with van der Waals surface area (Å²) in [6, 6.07) is 4.45. The predicted octanol–water partition coefficient (Wildman–Crippen LogP) is 3.54. The zero-order chi connectivity index (χ0) is 20.4. The molecule has 2 aromatic rings. The van der Waals surface area contributed by atoms with Gasteiger partial charge in [-0.2, -0.15) is 5.10 Å². The highest BCUT2D eigenvalue weighted by Crippen LogP contribution is 2.40. The summed E-state index contributed by atoms with van der Waals surface area (Å²) in [7, 11) is 0. The van der Waals surface area contributed by atoms with Crippen molar-refractivity contribution >= 4 is 11.7 Å². The molecule has 0 bridgehead atoms. The van der Waals surface area contributed by atoms with Gasteiger partial charge in [-0.05, 0) is 43.9 Å². The van der Waals surface area contributed by atoms with Gasteiger partial charge in [0.25, 0.3) is 5.92 Å². The Hall–Kier alpha value is -2.55. The standard InChI is InChI=1S/C20H25F2N5O2.2H2/c1-13(27-9-7-20(21,22)16(11-27)17-6-8-24-26-17)19(28)25-18-5-4-15(10-23-18)29-12-14-2-3-14;;/h4-6,8,10,13-14,16H,2-3,7,9,11-12H2,1H3,(H,24,26)(H,23,25,28);2*1H/t13-,16-;;/m0../s1. The molecule has 2 aromatic heterocycles. The molecule has 1 saturated carbocycles. The number of nitrogens with one attached hydrogen (secondary N) is 2. The second-order valence-electron chi connectivity index (χ2n) is 7.87. The number of ether oxygens (including phenoxy) is 1. The fourth-order valence-corrected chi connectivity index (χ4v) is 3.50. The van der Waals surface area contributed by atoms with E-state index in [4.69, 9.17) is 4.74 Å². The first-order valence-electron chi connectivity index (χ1n) is 9.93. The zero-order valence-electron chi connectivity index (χ0n) is 16.3. The minimum Gasteiger partial charge on any atom is -0.492 e. The van der Waals surface area contributed by atoms with Crippen LogP contribution in [0.5, 0.6) is 5.75 Å². The van der Waals surface area contributed by atoms with Crippen molar-refractivity contribution < 1.29 is 21.2 Å². The zero-order valence-corrected chi connectivity index (χ0v) is 16.3. The molecular weight excluding hydrogens is 380 g/mol. The van der Waals surface area contributed by atoms with Crippen LogP contribution in [0.25, 0.3) is 0 Å². The van der Waals surface area contributed by atoms with Crippen molar-refractivity contribution in [2.75, 3.05) is 25.0 Å². The summed E-state index contributed by atoms with van der Waals surface area (Å²) in [5, 5.41) is 9.18. The van der Waals surface area contributed by atoms with E-state index in [0.717, 1.165) is 0 Å². The number of likely N-dealkylation sites (tertiary alicyclic amines) is 1. The van der Waals surface area contributed by atoms with Gasteiger partial charge in [-0.3, -0.25) is 14.8 Å². The number of piperidine rings is 1. The van der Waals surface area contributed by atoms with Gasteiger partial charge in [0.05, 0.1) is 24.8 Å². The maximum atomic E-state index is 14.4. The highest BCUT2D eigenvalue weighted by Gasteiger charge is 2.47. The Morgan fingerprint density at radius 1 is 1.45 bits per heavy atom. The van der Waals surface area contributed by atoms with Crippen LogP contribution in [0.4, 0.5) is 14.6 Å². The Bertz CT molecular complexity index is 835. The van der Waals surface area contributed by atoms with Gasteiger partial charge in [0.1, 0.15) is 11.6 Å². The van der Waals surface area contributed by atoms with E-state index in [0.29, 0.717) is 29.8 Å². The minimum absolute atomic E-state index is 0. The summed E-state index contributed by atoms with van der Waals surface area (Å²) >= 11 is 0. The van der Waals surface area contributed by atoms with E-state index in [1.54, 1.807) is 36.2 Å². The van der Waals surface area contributed by atoms with Crippen molar-refractivity contribution in [1.82, 2.24) is 20.1 Å². The van der Waals surface area contributed by atoms with E-state index in [1.165, 1.54) is 19.0 Å². The molecule has 29 heavy (non-hydrogen) atoms. The number of anilines is 1. The number of amides is 1. The third kappa shape index (κ3) is 4.72. The molecule has 2 atom stereocenters. The summed E-state index contributed by atoms with van der Waals surface area (Å²) in [6.07, 6.45) is 5.16. The summed E-state index contributed by atoms with van der Waals surface area (Å²) < 4.78 is 34.4. The normalized spacial score (nSPS) is 22.8. The summed E-state index contributed by atoms with van der Waals surface area (Å²) in [4.78, 5) is 18.6. The molecule has 0 unspecified atom stereocenters. The Morgan fingerprint density at radius 3 is 2.93 bits per heavy atom. The van der Waals surface area contributed by atoms with Crippen molar-refractivity contribution in [2.24, 2.45) is 5.92 Å². The number of hydrogen-bond donors (Lipinski definition) is 2. The van der Waals surface area contributed by atoms with Gasteiger partial charge in [0.15, 0.2) is 0 Å². The molecule has 0 aromatic carbocycles. The molecule has 4 rings (SSSR count). The number of carbonyl (C=O) groups is 1. The first-order chi connectivity index (χ1) is 13.9. The number of aromatic nitrogens is 3. The number of halogens is 2. The maximum Gasteiger partial charge on any atom is 0.258 e. The number of alkyl halides is 2. The molecule has 3 heterocycles. The molecule has 9 heteroatoms. The quantitative estimate of drug-likeness (QED) is 0.731. The highest BCUT2D eigenvalue weighted by atomic mass is 19.3. The Balaban J connectivity index is 0.00000171. The first kappa shape index (κ1) is 19.8. The number of carbonyl (C=O) groups excluding carboxylic acids is 1. The lowest BCUT2D eigenvalue weighted by molar-refractivity contribution is -0.125. The molecule has 1 amide bonds. The molecule has 2 aliphatic rings. The fraction of sp³-hybridized carbons (Fsp3) is 0.550. The number of rotatable bonds is 7. The second kappa shape index (κ2) is 8.06. The van der Waals surface area contributed by atoms with Gasteiger partial charge in [0, 0.05) is 34.3 Å². The Kier molecular flexibility index (Phi) is 5.49. The van der Waals surface area contributed by atoms with Gasteiger partial charge < -0.3 is 10.1 Å². The van der Waals surface area contributed by atoms with Crippen molar-refractivity contribution in [3.8, 4) is 5.75 Å². The molecule has 7 nitrogen and oxygen atoms in total. The van der Waals surface area contributed by atoms with E-state index < -0.39 is 17.9 Å². The lowest BCUT2D eigenvalue weighted by Gasteiger charge is -2.40. The lowest BCUT2D eigenvalue weighted by Crippen LogP contribution is -2.52. The van der Waals surface area contributed by atoms with Crippen LogP contribution in [0.15, 0.2) is 30.6 Å². The largest absolute Gasteiger partial charge is 0.492 e. The molecule has 1 aliphatic carbocycles. The second-order valence-corrected chi connectivity index (χ2v) is 7.87. The van der Waals surface area contributed by atoms with Gasteiger partial charge in [-0.15, -0.1) is 0 Å². The van der Waals surface area contributed by atoms with Crippen LogP contribution >= 0.6 is 0 Å². The van der Waals surface area contributed by atoms with E-state index in [-0.39, 0.29) is 28.3 Å². The first-order valence-corrected chi connectivity index (χ1v) is 9.93.